The Morgan fingerprint density at radius 3 is 2.56 bits per heavy atom. The number of rotatable bonds is 10. The number of benzene rings is 1. The van der Waals surface area contributed by atoms with E-state index in [2.05, 4.69) is 11.9 Å². The number of nitrogens with zero attached hydrogens (tertiary/aromatic N) is 4. The Balaban J connectivity index is 1.79. The van der Waals surface area contributed by atoms with Gasteiger partial charge in [-0.2, -0.15) is 0 Å². The van der Waals surface area contributed by atoms with Crippen LogP contribution in [0, 0.1) is 6.92 Å². The lowest BCUT2D eigenvalue weighted by Gasteiger charge is -2.26. The van der Waals surface area contributed by atoms with Crippen LogP contribution in [0.2, 0.25) is 0 Å². The summed E-state index contributed by atoms with van der Waals surface area (Å²) in [6.07, 6.45) is 4.49. The quantitative estimate of drug-likeness (QED) is 0.198. The number of aromatic nitrogens is 2. The van der Waals surface area contributed by atoms with Crippen LogP contribution in [0.3, 0.4) is 0 Å². The summed E-state index contributed by atoms with van der Waals surface area (Å²) in [5.74, 6) is -0.770. The molecule has 0 aliphatic carbocycles. The molecule has 0 bridgehead atoms. The average Bonchev–Trinajstić information content (AvgIpc) is 3.32. The standard InChI is InChI=1S/C28H34N4O4/c1-5-6-18-36-21-13-11-20(12-14-21)25-23(27(34)28(35)32(25)17-9-15-30(3)4)26(33)24-19(2)29-22-10-7-8-16-31(22)24/h7-8,10-14,16,25,33H,5-6,9,15,17-18H2,1-4H3. The zero-order valence-electron chi connectivity index (χ0n) is 21.4. The van der Waals surface area contributed by atoms with Gasteiger partial charge in [0.1, 0.15) is 17.1 Å². The van der Waals surface area contributed by atoms with Gasteiger partial charge >= 0.3 is 0 Å². The van der Waals surface area contributed by atoms with E-state index in [-0.39, 0.29) is 11.3 Å². The first kappa shape index (κ1) is 25.4. The molecular weight excluding hydrogens is 456 g/mol. The largest absolute Gasteiger partial charge is 0.505 e. The van der Waals surface area contributed by atoms with Crippen molar-refractivity contribution in [3.63, 3.8) is 0 Å². The molecule has 4 rings (SSSR count). The molecule has 3 aromatic rings. The fourth-order valence-electron chi connectivity index (χ4n) is 4.62. The molecular formula is C28H34N4O4. The Bertz CT molecular complexity index is 1280. The van der Waals surface area contributed by atoms with Crippen LogP contribution < -0.4 is 4.74 Å². The number of carbonyl (C=O) groups excluding carboxylic acids is 2. The second-order valence-corrected chi connectivity index (χ2v) is 9.40. The number of ketones is 1. The van der Waals surface area contributed by atoms with Crippen molar-refractivity contribution in [1.29, 1.82) is 0 Å². The van der Waals surface area contributed by atoms with Crippen LogP contribution in [0.25, 0.3) is 11.4 Å². The number of amides is 1. The lowest BCUT2D eigenvalue weighted by Crippen LogP contribution is -2.32. The summed E-state index contributed by atoms with van der Waals surface area (Å²) in [4.78, 5) is 34.7. The first-order valence-electron chi connectivity index (χ1n) is 12.4. The average molecular weight is 491 g/mol. The first-order valence-corrected chi connectivity index (χ1v) is 12.4. The highest BCUT2D eigenvalue weighted by Gasteiger charge is 2.46. The maximum absolute atomic E-state index is 13.3. The minimum atomic E-state index is -0.703. The minimum absolute atomic E-state index is 0.0817. The van der Waals surface area contributed by atoms with Gasteiger partial charge in [0, 0.05) is 12.7 Å². The number of fused-ring (bicyclic) bond motifs is 1. The number of pyridine rings is 1. The molecule has 0 radical (unpaired) electrons. The maximum atomic E-state index is 13.3. The highest BCUT2D eigenvalue weighted by molar-refractivity contribution is 6.46. The van der Waals surface area contributed by atoms with Crippen molar-refractivity contribution in [2.45, 2.75) is 39.2 Å². The van der Waals surface area contributed by atoms with Crippen molar-refractivity contribution >= 4 is 23.1 Å². The van der Waals surface area contributed by atoms with Crippen LogP contribution in [0.1, 0.15) is 49.2 Å². The van der Waals surface area contributed by atoms with Crippen LogP contribution in [0.5, 0.6) is 5.75 Å². The summed E-state index contributed by atoms with van der Waals surface area (Å²) in [5, 5.41) is 11.5. The number of ether oxygens (including phenoxy) is 1. The number of aryl methyl sites for hydroxylation is 1. The van der Waals surface area contributed by atoms with Crippen LogP contribution in [0.4, 0.5) is 0 Å². The molecule has 0 spiro atoms. The first-order chi connectivity index (χ1) is 17.3. The van der Waals surface area contributed by atoms with Crippen molar-refractivity contribution in [1.82, 2.24) is 19.2 Å². The number of hydrogen-bond donors (Lipinski definition) is 1. The summed E-state index contributed by atoms with van der Waals surface area (Å²) in [6, 6.07) is 12.3. The van der Waals surface area contributed by atoms with E-state index in [0.717, 1.165) is 30.7 Å². The van der Waals surface area contributed by atoms with Crippen molar-refractivity contribution in [2.24, 2.45) is 0 Å². The molecule has 36 heavy (non-hydrogen) atoms. The number of imidazole rings is 1. The van der Waals surface area contributed by atoms with E-state index in [4.69, 9.17) is 4.74 Å². The van der Waals surface area contributed by atoms with Gasteiger partial charge in [0.2, 0.25) is 0 Å². The smallest absolute Gasteiger partial charge is 0.295 e. The van der Waals surface area contributed by atoms with Gasteiger partial charge < -0.3 is 19.6 Å². The van der Waals surface area contributed by atoms with E-state index in [1.807, 2.05) is 61.5 Å². The second-order valence-electron chi connectivity index (χ2n) is 9.40. The van der Waals surface area contributed by atoms with Crippen molar-refractivity contribution < 1.29 is 19.4 Å². The number of Topliss-reactive ketones (excluding diaryl/α,β-unsaturated/α-hetero) is 1. The zero-order valence-corrected chi connectivity index (χ0v) is 21.4. The van der Waals surface area contributed by atoms with E-state index in [1.54, 1.807) is 22.4 Å². The SMILES string of the molecule is CCCCOc1ccc(C2C(=C(O)c3c(C)nc4ccccn34)C(=O)C(=O)N2CCCN(C)C)cc1. The number of aliphatic hydroxyl groups is 1. The van der Waals surface area contributed by atoms with Crippen molar-refractivity contribution in [3.8, 4) is 5.75 Å². The topological polar surface area (TPSA) is 87.4 Å². The molecule has 1 aliphatic heterocycles. The summed E-state index contributed by atoms with van der Waals surface area (Å²) in [7, 11) is 3.94. The normalized spacial score (nSPS) is 17.5. The van der Waals surface area contributed by atoms with Gasteiger partial charge in [-0.05, 0) is 70.2 Å². The van der Waals surface area contributed by atoms with Crippen LogP contribution >= 0.6 is 0 Å². The molecule has 2 aromatic heterocycles. The lowest BCUT2D eigenvalue weighted by atomic mass is 9.96. The van der Waals surface area contributed by atoms with Gasteiger partial charge in [-0.1, -0.05) is 31.5 Å². The Labute approximate surface area is 211 Å². The molecule has 190 valence electrons. The zero-order chi connectivity index (χ0) is 25.8. The van der Waals surface area contributed by atoms with E-state index in [0.29, 0.717) is 36.6 Å². The third-order valence-corrected chi connectivity index (χ3v) is 6.44. The summed E-state index contributed by atoms with van der Waals surface area (Å²) < 4.78 is 7.54. The molecule has 8 heteroatoms. The second kappa shape index (κ2) is 11.0. The van der Waals surface area contributed by atoms with E-state index < -0.39 is 17.7 Å². The molecule has 1 unspecified atom stereocenters. The predicted octanol–water partition coefficient (Wildman–Crippen LogP) is 4.20. The Morgan fingerprint density at radius 2 is 1.86 bits per heavy atom. The highest BCUT2D eigenvalue weighted by Crippen LogP contribution is 2.40. The predicted molar refractivity (Wildman–Crippen MR) is 139 cm³/mol. The summed E-state index contributed by atoms with van der Waals surface area (Å²) in [6.45, 7) is 5.69. The third kappa shape index (κ3) is 4.99. The minimum Gasteiger partial charge on any atom is -0.505 e. The fraction of sp³-hybridized carbons (Fsp3) is 0.393. The van der Waals surface area contributed by atoms with Gasteiger partial charge in [-0.25, -0.2) is 4.98 Å². The molecule has 1 atom stereocenters. The molecule has 1 fully saturated rings. The molecule has 1 aliphatic rings. The van der Waals surface area contributed by atoms with Crippen LogP contribution in [-0.4, -0.2) is 69.8 Å². The van der Waals surface area contributed by atoms with E-state index >= 15 is 0 Å². The molecule has 1 N–H and O–H groups in total. The number of unbranched alkanes of at least 4 members (excludes halogenated alkanes) is 1. The molecule has 3 heterocycles. The number of carbonyl (C=O) groups is 2. The van der Waals surface area contributed by atoms with Crippen LogP contribution in [-0.2, 0) is 9.59 Å². The lowest BCUT2D eigenvalue weighted by molar-refractivity contribution is -0.139. The van der Waals surface area contributed by atoms with E-state index in [1.165, 1.54) is 0 Å². The molecule has 8 nitrogen and oxygen atoms in total. The van der Waals surface area contributed by atoms with Crippen molar-refractivity contribution in [3.05, 3.63) is 71.2 Å². The Kier molecular flexibility index (Phi) is 7.74. The van der Waals surface area contributed by atoms with Gasteiger partial charge in [-0.15, -0.1) is 0 Å². The summed E-state index contributed by atoms with van der Waals surface area (Å²) >= 11 is 0. The van der Waals surface area contributed by atoms with Gasteiger partial charge in [0.15, 0.2) is 5.76 Å². The number of likely N-dealkylation sites (tertiary alicyclic amines) is 1. The highest BCUT2D eigenvalue weighted by atomic mass is 16.5. The van der Waals surface area contributed by atoms with E-state index in [9.17, 15) is 14.7 Å². The monoisotopic (exact) mass is 490 g/mol. The fourth-order valence-corrected chi connectivity index (χ4v) is 4.62. The van der Waals surface area contributed by atoms with Gasteiger partial charge in [0.05, 0.1) is 23.9 Å². The number of aliphatic hydroxyl groups excluding tert-OH is 1. The summed E-state index contributed by atoms with van der Waals surface area (Å²) in [5.41, 5.74) is 2.48. The van der Waals surface area contributed by atoms with Gasteiger partial charge in [-0.3, -0.25) is 14.0 Å². The molecule has 1 amide bonds. The molecule has 1 saturated heterocycles. The van der Waals surface area contributed by atoms with Crippen LogP contribution in [0.15, 0.2) is 54.2 Å². The number of hydrogen-bond acceptors (Lipinski definition) is 6. The maximum Gasteiger partial charge on any atom is 0.295 e. The molecule has 1 aromatic carbocycles. The van der Waals surface area contributed by atoms with Crippen molar-refractivity contribution in [2.75, 3.05) is 33.8 Å². The Morgan fingerprint density at radius 1 is 1.11 bits per heavy atom. The third-order valence-electron chi connectivity index (χ3n) is 6.44. The Hall–Kier alpha value is -3.65. The van der Waals surface area contributed by atoms with Gasteiger partial charge in [0.25, 0.3) is 11.7 Å². The molecule has 0 saturated carbocycles.